The third-order valence-electron chi connectivity index (χ3n) is 2.84. The number of benzene rings is 2. The lowest BCUT2D eigenvalue weighted by molar-refractivity contribution is -0.117. The Labute approximate surface area is 127 Å². The van der Waals surface area contributed by atoms with Crippen molar-refractivity contribution >= 4 is 27.5 Å². The first-order valence-corrected chi connectivity index (χ1v) is 7.20. The molecule has 0 radical (unpaired) electrons. The molecule has 3 nitrogen and oxygen atoms in total. The van der Waals surface area contributed by atoms with Crippen LogP contribution in [0.4, 0.5) is 5.69 Å². The standard InChI is InChI=1S/C16H17BrN2O/c1-19(11-13-7-9-14(17)10-8-13)12-16(20)18-15-5-3-2-4-6-15/h2-10H,11-12H2,1H3,(H,18,20). The molecule has 0 spiro atoms. The fraction of sp³-hybridized carbons (Fsp3) is 0.188. The number of rotatable bonds is 5. The summed E-state index contributed by atoms with van der Waals surface area (Å²) >= 11 is 3.41. The number of halogens is 1. The first kappa shape index (κ1) is 14.8. The Morgan fingerprint density at radius 2 is 1.75 bits per heavy atom. The molecule has 2 aromatic rings. The van der Waals surface area contributed by atoms with Crippen LogP contribution >= 0.6 is 15.9 Å². The van der Waals surface area contributed by atoms with Gasteiger partial charge in [-0.05, 0) is 36.9 Å². The van der Waals surface area contributed by atoms with Crippen LogP contribution in [0.5, 0.6) is 0 Å². The van der Waals surface area contributed by atoms with Crippen molar-refractivity contribution in [2.75, 3.05) is 18.9 Å². The second-order valence-electron chi connectivity index (χ2n) is 4.71. The molecule has 0 fully saturated rings. The van der Waals surface area contributed by atoms with Gasteiger partial charge < -0.3 is 5.32 Å². The van der Waals surface area contributed by atoms with Gasteiger partial charge in [-0.25, -0.2) is 0 Å². The Morgan fingerprint density at radius 1 is 1.10 bits per heavy atom. The molecule has 0 aliphatic heterocycles. The van der Waals surface area contributed by atoms with Gasteiger partial charge in [-0.15, -0.1) is 0 Å². The van der Waals surface area contributed by atoms with Crippen molar-refractivity contribution in [1.82, 2.24) is 4.90 Å². The van der Waals surface area contributed by atoms with E-state index in [2.05, 4.69) is 33.4 Å². The van der Waals surface area contributed by atoms with E-state index in [1.807, 2.05) is 54.4 Å². The smallest absolute Gasteiger partial charge is 0.238 e. The summed E-state index contributed by atoms with van der Waals surface area (Å²) in [6, 6.07) is 17.6. The Bertz CT molecular complexity index is 554. The van der Waals surface area contributed by atoms with Gasteiger partial charge in [-0.2, -0.15) is 0 Å². The van der Waals surface area contributed by atoms with Crippen LogP contribution in [0, 0.1) is 0 Å². The molecule has 0 atom stereocenters. The van der Waals surface area contributed by atoms with Crippen molar-refractivity contribution in [3.05, 3.63) is 64.6 Å². The molecule has 0 unspecified atom stereocenters. The molecule has 0 bridgehead atoms. The Balaban J connectivity index is 1.83. The van der Waals surface area contributed by atoms with Gasteiger partial charge in [0.25, 0.3) is 0 Å². The van der Waals surface area contributed by atoms with Gasteiger partial charge in [-0.1, -0.05) is 46.3 Å². The first-order chi connectivity index (χ1) is 9.63. The first-order valence-electron chi connectivity index (χ1n) is 6.41. The molecule has 1 amide bonds. The largest absolute Gasteiger partial charge is 0.325 e. The molecule has 2 aromatic carbocycles. The third kappa shape index (κ3) is 4.79. The van der Waals surface area contributed by atoms with Crippen LogP contribution in [0.2, 0.25) is 0 Å². The molecular formula is C16H17BrN2O. The SMILES string of the molecule is CN(CC(=O)Nc1ccccc1)Cc1ccc(Br)cc1. The fourth-order valence-corrected chi connectivity index (χ4v) is 2.19. The topological polar surface area (TPSA) is 32.3 Å². The Kier molecular flexibility index (Phi) is 5.32. The predicted molar refractivity (Wildman–Crippen MR) is 85.5 cm³/mol. The molecule has 20 heavy (non-hydrogen) atoms. The molecule has 0 aliphatic rings. The van der Waals surface area contributed by atoms with E-state index in [-0.39, 0.29) is 5.91 Å². The van der Waals surface area contributed by atoms with Crippen LogP contribution in [0.3, 0.4) is 0 Å². The molecule has 0 aliphatic carbocycles. The van der Waals surface area contributed by atoms with Crippen molar-refractivity contribution in [3.8, 4) is 0 Å². The highest BCUT2D eigenvalue weighted by molar-refractivity contribution is 9.10. The number of anilines is 1. The minimum absolute atomic E-state index is 0.00388. The molecule has 0 saturated carbocycles. The number of likely N-dealkylation sites (N-methyl/N-ethyl adjacent to an activating group) is 1. The van der Waals surface area contributed by atoms with Gasteiger partial charge in [0, 0.05) is 16.7 Å². The minimum atomic E-state index is -0.00388. The molecule has 104 valence electrons. The number of nitrogens with zero attached hydrogens (tertiary/aromatic N) is 1. The summed E-state index contributed by atoms with van der Waals surface area (Å²) < 4.78 is 1.06. The average molecular weight is 333 g/mol. The zero-order valence-electron chi connectivity index (χ0n) is 11.3. The lowest BCUT2D eigenvalue weighted by atomic mass is 10.2. The Hall–Kier alpha value is -1.65. The number of nitrogens with one attached hydrogen (secondary N) is 1. The maximum atomic E-state index is 11.9. The highest BCUT2D eigenvalue weighted by atomic mass is 79.9. The van der Waals surface area contributed by atoms with E-state index in [9.17, 15) is 4.79 Å². The predicted octanol–water partition coefficient (Wildman–Crippen LogP) is 3.52. The zero-order chi connectivity index (χ0) is 14.4. The molecule has 0 saturated heterocycles. The lowest BCUT2D eigenvalue weighted by Crippen LogP contribution is -2.29. The number of hydrogen-bond donors (Lipinski definition) is 1. The summed E-state index contributed by atoms with van der Waals surface area (Å²) in [6.45, 7) is 1.11. The van der Waals surface area contributed by atoms with Crippen molar-refractivity contribution in [2.45, 2.75) is 6.54 Å². The zero-order valence-corrected chi connectivity index (χ0v) is 12.9. The van der Waals surface area contributed by atoms with Crippen LogP contribution in [-0.4, -0.2) is 24.4 Å². The number of para-hydroxylation sites is 1. The summed E-state index contributed by atoms with van der Waals surface area (Å²) in [5, 5.41) is 2.88. The molecular weight excluding hydrogens is 316 g/mol. The number of carbonyl (C=O) groups is 1. The van der Waals surface area contributed by atoms with Gasteiger partial charge in [0.1, 0.15) is 0 Å². The number of hydrogen-bond acceptors (Lipinski definition) is 2. The lowest BCUT2D eigenvalue weighted by Gasteiger charge is -2.16. The van der Waals surface area contributed by atoms with Gasteiger partial charge in [-0.3, -0.25) is 9.69 Å². The van der Waals surface area contributed by atoms with E-state index in [0.717, 1.165) is 16.7 Å². The fourth-order valence-electron chi connectivity index (χ4n) is 1.92. The van der Waals surface area contributed by atoms with Crippen molar-refractivity contribution in [3.63, 3.8) is 0 Å². The van der Waals surface area contributed by atoms with E-state index in [0.29, 0.717) is 6.54 Å². The van der Waals surface area contributed by atoms with Crippen molar-refractivity contribution in [1.29, 1.82) is 0 Å². The molecule has 0 heterocycles. The maximum Gasteiger partial charge on any atom is 0.238 e. The maximum absolute atomic E-state index is 11.9. The second-order valence-corrected chi connectivity index (χ2v) is 5.63. The van der Waals surface area contributed by atoms with E-state index in [4.69, 9.17) is 0 Å². The summed E-state index contributed by atoms with van der Waals surface area (Å²) in [7, 11) is 1.94. The van der Waals surface area contributed by atoms with Gasteiger partial charge >= 0.3 is 0 Å². The van der Waals surface area contributed by atoms with Crippen LogP contribution < -0.4 is 5.32 Å². The van der Waals surface area contributed by atoms with E-state index in [1.165, 1.54) is 5.56 Å². The van der Waals surface area contributed by atoms with Crippen LogP contribution in [-0.2, 0) is 11.3 Å². The van der Waals surface area contributed by atoms with Crippen LogP contribution in [0.15, 0.2) is 59.1 Å². The number of amides is 1. The highest BCUT2D eigenvalue weighted by Gasteiger charge is 2.07. The molecule has 1 N–H and O–H groups in total. The van der Waals surface area contributed by atoms with Crippen molar-refractivity contribution in [2.24, 2.45) is 0 Å². The summed E-state index contributed by atoms with van der Waals surface area (Å²) in [4.78, 5) is 13.9. The van der Waals surface area contributed by atoms with Gasteiger partial charge in [0.2, 0.25) is 5.91 Å². The molecule has 2 rings (SSSR count). The van der Waals surface area contributed by atoms with Gasteiger partial charge in [0.15, 0.2) is 0 Å². The van der Waals surface area contributed by atoms with E-state index >= 15 is 0 Å². The quantitative estimate of drug-likeness (QED) is 0.908. The Morgan fingerprint density at radius 3 is 2.40 bits per heavy atom. The normalized spacial score (nSPS) is 10.6. The summed E-state index contributed by atoms with van der Waals surface area (Å²) in [6.07, 6.45) is 0. The molecule has 4 heteroatoms. The van der Waals surface area contributed by atoms with Crippen molar-refractivity contribution < 1.29 is 4.79 Å². The highest BCUT2D eigenvalue weighted by Crippen LogP contribution is 2.12. The summed E-state index contributed by atoms with van der Waals surface area (Å²) in [5.74, 6) is -0.00388. The van der Waals surface area contributed by atoms with Crippen LogP contribution in [0.25, 0.3) is 0 Å². The number of carbonyl (C=O) groups excluding carboxylic acids is 1. The monoisotopic (exact) mass is 332 g/mol. The third-order valence-corrected chi connectivity index (χ3v) is 3.37. The summed E-state index contributed by atoms with van der Waals surface area (Å²) in [5.41, 5.74) is 2.01. The van der Waals surface area contributed by atoms with Crippen LogP contribution in [0.1, 0.15) is 5.56 Å². The average Bonchev–Trinajstić information content (AvgIpc) is 2.42. The van der Waals surface area contributed by atoms with E-state index < -0.39 is 0 Å². The minimum Gasteiger partial charge on any atom is -0.325 e. The van der Waals surface area contributed by atoms with E-state index in [1.54, 1.807) is 0 Å². The second kappa shape index (κ2) is 7.22. The van der Waals surface area contributed by atoms with Gasteiger partial charge in [0.05, 0.1) is 6.54 Å². The molecule has 0 aromatic heterocycles.